The quantitative estimate of drug-likeness (QED) is 0.760. The van der Waals surface area contributed by atoms with Crippen molar-refractivity contribution in [2.75, 3.05) is 20.8 Å². The van der Waals surface area contributed by atoms with Crippen molar-refractivity contribution in [3.63, 3.8) is 0 Å². The first-order valence-corrected chi connectivity index (χ1v) is 7.04. The first-order valence-electron chi connectivity index (χ1n) is 7.04. The Hall–Kier alpha value is -2.40. The Morgan fingerprint density at radius 1 is 0.864 bits per heavy atom. The second-order valence-electron chi connectivity index (χ2n) is 4.65. The molecule has 0 radical (unpaired) electrons. The number of methoxy groups -OCH3 is 2. The van der Waals surface area contributed by atoms with Gasteiger partial charge in [0.25, 0.3) is 0 Å². The third kappa shape index (κ3) is 4.86. The maximum Gasteiger partial charge on any atom is 0.150 e. The van der Waals surface area contributed by atoms with Crippen molar-refractivity contribution in [3.05, 3.63) is 48.5 Å². The highest BCUT2D eigenvalue weighted by atomic mass is 16.5. The predicted octanol–water partition coefficient (Wildman–Crippen LogP) is 2.84. The van der Waals surface area contributed by atoms with Crippen LogP contribution in [0.2, 0.25) is 0 Å². The predicted molar refractivity (Wildman–Crippen MR) is 84.7 cm³/mol. The van der Waals surface area contributed by atoms with Gasteiger partial charge in [-0.25, -0.2) is 0 Å². The van der Waals surface area contributed by atoms with Crippen LogP contribution in [0.25, 0.3) is 0 Å². The SMILES string of the molecule is COc1cccc(OCCC(N)Oc2cccc(OC)c2)c1. The third-order valence-corrected chi connectivity index (χ3v) is 3.04. The summed E-state index contributed by atoms with van der Waals surface area (Å²) in [5.41, 5.74) is 5.95. The summed E-state index contributed by atoms with van der Waals surface area (Å²) < 4.78 is 21.6. The van der Waals surface area contributed by atoms with E-state index in [4.69, 9.17) is 24.7 Å². The number of benzene rings is 2. The highest BCUT2D eigenvalue weighted by Gasteiger charge is 2.06. The van der Waals surface area contributed by atoms with Crippen LogP contribution in [0.15, 0.2) is 48.5 Å². The van der Waals surface area contributed by atoms with Gasteiger partial charge in [-0.1, -0.05) is 12.1 Å². The summed E-state index contributed by atoms with van der Waals surface area (Å²) in [6, 6.07) is 14.8. The normalized spacial score (nSPS) is 11.6. The van der Waals surface area contributed by atoms with Crippen LogP contribution in [-0.2, 0) is 0 Å². The van der Waals surface area contributed by atoms with Crippen molar-refractivity contribution in [1.82, 2.24) is 0 Å². The molecule has 5 nitrogen and oxygen atoms in total. The summed E-state index contributed by atoms with van der Waals surface area (Å²) in [4.78, 5) is 0. The Morgan fingerprint density at radius 3 is 2.05 bits per heavy atom. The van der Waals surface area contributed by atoms with E-state index in [9.17, 15) is 0 Å². The van der Waals surface area contributed by atoms with E-state index in [-0.39, 0.29) is 0 Å². The summed E-state index contributed by atoms with van der Waals surface area (Å²) in [7, 11) is 3.23. The van der Waals surface area contributed by atoms with Crippen molar-refractivity contribution in [2.45, 2.75) is 12.6 Å². The van der Waals surface area contributed by atoms with Crippen molar-refractivity contribution in [1.29, 1.82) is 0 Å². The van der Waals surface area contributed by atoms with Gasteiger partial charge in [0.1, 0.15) is 23.0 Å². The summed E-state index contributed by atoms with van der Waals surface area (Å²) >= 11 is 0. The molecule has 0 aliphatic rings. The van der Waals surface area contributed by atoms with E-state index in [0.29, 0.717) is 18.8 Å². The molecule has 0 bridgehead atoms. The molecule has 0 aliphatic heterocycles. The van der Waals surface area contributed by atoms with Gasteiger partial charge in [0, 0.05) is 18.6 Å². The van der Waals surface area contributed by atoms with Gasteiger partial charge in [0.15, 0.2) is 6.23 Å². The third-order valence-electron chi connectivity index (χ3n) is 3.04. The monoisotopic (exact) mass is 303 g/mol. The first kappa shape index (κ1) is 16.0. The Bertz CT molecular complexity index is 588. The summed E-state index contributed by atoms with van der Waals surface area (Å²) in [6.45, 7) is 0.457. The molecule has 2 aromatic rings. The fourth-order valence-electron chi connectivity index (χ4n) is 1.89. The van der Waals surface area contributed by atoms with Crippen LogP contribution in [0.3, 0.4) is 0 Å². The molecule has 0 saturated carbocycles. The Kier molecular flexibility index (Phi) is 5.91. The lowest BCUT2D eigenvalue weighted by molar-refractivity contribution is 0.166. The van der Waals surface area contributed by atoms with Gasteiger partial charge >= 0.3 is 0 Å². The van der Waals surface area contributed by atoms with Crippen LogP contribution in [0.1, 0.15) is 6.42 Å². The maximum atomic E-state index is 5.95. The average molecular weight is 303 g/mol. The van der Waals surface area contributed by atoms with E-state index < -0.39 is 6.23 Å². The molecule has 118 valence electrons. The number of rotatable bonds is 8. The molecule has 0 aliphatic carbocycles. The molecule has 2 aromatic carbocycles. The highest BCUT2D eigenvalue weighted by molar-refractivity contribution is 5.33. The topological polar surface area (TPSA) is 62.9 Å². The molecule has 2 rings (SSSR count). The molecule has 0 aromatic heterocycles. The van der Waals surface area contributed by atoms with Gasteiger partial charge < -0.3 is 18.9 Å². The minimum Gasteiger partial charge on any atom is -0.497 e. The van der Waals surface area contributed by atoms with E-state index >= 15 is 0 Å². The van der Waals surface area contributed by atoms with Crippen molar-refractivity contribution in [2.24, 2.45) is 5.73 Å². The average Bonchev–Trinajstić information content (AvgIpc) is 2.55. The molecular weight excluding hydrogens is 282 g/mol. The largest absolute Gasteiger partial charge is 0.497 e. The zero-order valence-electron chi connectivity index (χ0n) is 12.8. The molecule has 0 spiro atoms. The van der Waals surface area contributed by atoms with Gasteiger partial charge in [-0.2, -0.15) is 0 Å². The Morgan fingerprint density at radius 2 is 1.41 bits per heavy atom. The first-order chi connectivity index (χ1) is 10.7. The van der Waals surface area contributed by atoms with E-state index in [1.54, 1.807) is 20.3 Å². The molecular formula is C17H21NO4. The van der Waals surface area contributed by atoms with Crippen molar-refractivity contribution in [3.8, 4) is 23.0 Å². The van der Waals surface area contributed by atoms with Crippen LogP contribution < -0.4 is 24.7 Å². The summed E-state index contributed by atoms with van der Waals surface area (Å²) in [6.07, 6.45) is 0.117. The summed E-state index contributed by atoms with van der Waals surface area (Å²) in [5, 5.41) is 0. The minimum atomic E-state index is -0.447. The van der Waals surface area contributed by atoms with Crippen molar-refractivity contribution >= 4 is 0 Å². The second-order valence-corrected chi connectivity index (χ2v) is 4.65. The van der Waals surface area contributed by atoms with Gasteiger partial charge in [-0.15, -0.1) is 0 Å². The van der Waals surface area contributed by atoms with Crippen molar-refractivity contribution < 1.29 is 18.9 Å². The van der Waals surface area contributed by atoms with Crippen LogP contribution in [-0.4, -0.2) is 27.1 Å². The van der Waals surface area contributed by atoms with E-state index in [0.717, 1.165) is 17.2 Å². The molecule has 0 fully saturated rings. The molecule has 2 N–H and O–H groups in total. The molecule has 1 unspecified atom stereocenters. The molecule has 22 heavy (non-hydrogen) atoms. The fraction of sp³-hybridized carbons (Fsp3) is 0.294. The lowest BCUT2D eigenvalue weighted by atomic mass is 10.3. The van der Waals surface area contributed by atoms with Crippen LogP contribution >= 0.6 is 0 Å². The van der Waals surface area contributed by atoms with Gasteiger partial charge in [0.2, 0.25) is 0 Å². The number of hydrogen-bond donors (Lipinski definition) is 1. The minimum absolute atomic E-state index is 0.447. The van der Waals surface area contributed by atoms with Crippen LogP contribution in [0.4, 0.5) is 0 Å². The zero-order chi connectivity index (χ0) is 15.8. The fourth-order valence-corrected chi connectivity index (χ4v) is 1.89. The number of ether oxygens (including phenoxy) is 4. The van der Waals surface area contributed by atoms with Gasteiger partial charge in [-0.3, -0.25) is 5.73 Å². The summed E-state index contributed by atoms with van der Waals surface area (Å²) in [5.74, 6) is 2.91. The van der Waals surface area contributed by atoms with Gasteiger partial charge in [-0.05, 0) is 24.3 Å². The Balaban J connectivity index is 1.78. The molecule has 0 heterocycles. The molecule has 0 amide bonds. The highest BCUT2D eigenvalue weighted by Crippen LogP contribution is 2.21. The maximum absolute atomic E-state index is 5.95. The molecule has 1 atom stereocenters. The molecule has 0 saturated heterocycles. The van der Waals surface area contributed by atoms with Crippen LogP contribution in [0.5, 0.6) is 23.0 Å². The van der Waals surface area contributed by atoms with Gasteiger partial charge in [0.05, 0.1) is 20.8 Å². The van der Waals surface area contributed by atoms with E-state index in [1.165, 1.54) is 0 Å². The molecule has 5 heteroatoms. The lowest BCUT2D eigenvalue weighted by Gasteiger charge is -2.15. The number of nitrogens with two attached hydrogens (primary N) is 1. The second kappa shape index (κ2) is 8.14. The zero-order valence-corrected chi connectivity index (χ0v) is 12.8. The van der Waals surface area contributed by atoms with E-state index in [2.05, 4.69) is 0 Å². The smallest absolute Gasteiger partial charge is 0.150 e. The lowest BCUT2D eigenvalue weighted by Crippen LogP contribution is -2.29. The number of hydrogen-bond acceptors (Lipinski definition) is 5. The standard InChI is InChI=1S/C17H21NO4/c1-19-13-5-3-7-15(11-13)21-10-9-17(18)22-16-8-4-6-14(12-16)20-2/h3-8,11-12,17H,9-10,18H2,1-2H3. The van der Waals surface area contributed by atoms with E-state index in [1.807, 2.05) is 42.5 Å². The van der Waals surface area contributed by atoms with Crippen LogP contribution in [0, 0.1) is 0 Å². The Labute approximate surface area is 130 Å².